The van der Waals surface area contributed by atoms with Crippen LogP contribution in [0.1, 0.15) is 23.3 Å². The van der Waals surface area contributed by atoms with E-state index in [9.17, 15) is 14.4 Å². The molecule has 8 heteroatoms. The second-order valence-electron chi connectivity index (χ2n) is 5.46. The summed E-state index contributed by atoms with van der Waals surface area (Å²) in [6.45, 7) is 3.92. The molecule has 1 aliphatic rings. The van der Waals surface area contributed by atoms with Gasteiger partial charge in [-0.15, -0.1) is 0 Å². The summed E-state index contributed by atoms with van der Waals surface area (Å²) in [6.07, 6.45) is 1.30. The van der Waals surface area contributed by atoms with E-state index in [2.05, 4.69) is 4.98 Å². The Hall–Kier alpha value is -2.38. The summed E-state index contributed by atoms with van der Waals surface area (Å²) < 4.78 is 5.05. The molecule has 3 amide bonds. The zero-order valence-electron chi connectivity index (χ0n) is 13.2. The first-order valence-electron chi connectivity index (χ1n) is 7.01. The third kappa shape index (κ3) is 3.10. The maximum absolute atomic E-state index is 12.4. The van der Waals surface area contributed by atoms with Gasteiger partial charge in [-0.2, -0.15) is 0 Å². The van der Waals surface area contributed by atoms with Gasteiger partial charge in [-0.25, -0.2) is 4.98 Å². The van der Waals surface area contributed by atoms with Gasteiger partial charge in [-0.3, -0.25) is 14.4 Å². The zero-order valence-corrected chi connectivity index (χ0v) is 13.2. The van der Waals surface area contributed by atoms with Crippen LogP contribution in [0.25, 0.3) is 0 Å². The Labute approximate surface area is 128 Å². The molecule has 1 aliphatic heterocycles. The highest BCUT2D eigenvalue weighted by Gasteiger charge is 2.37. The molecule has 22 heavy (non-hydrogen) atoms. The van der Waals surface area contributed by atoms with Crippen molar-refractivity contribution in [1.82, 2.24) is 19.7 Å². The van der Waals surface area contributed by atoms with Gasteiger partial charge in [0.15, 0.2) is 11.6 Å². The predicted molar refractivity (Wildman–Crippen MR) is 77.0 cm³/mol. The van der Waals surface area contributed by atoms with E-state index in [1.54, 1.807) is 21.0 Å². The lowest BCUT2D eigenvalue weighted by Crippen LogP contribution is -2.61. The smallest absolute Gasteiger partial charge is 0.275 e. The monoisotopic (exact) mass is 308 g/mol. The van der Waals surface area contributed by atoms with Gasteiger partial charge in [-0.05, 0) is 0 Å². The summed E-state index contributed by atoms with van der Waals surface area (Å²) in [6, 6.07) is -0.668. The average Bonchev–Trinajstić information content (AvgIpc) is 2.91. The van der Waals surface area contributed by atoms with E-state index in [0.29, 0.717) is 19.0 Å². The highest BCUT2D eigenvalue weighted by atomic mass is 16.3. The molecule has 8 nitrogen and oxygen atoms in total. The van der Waals surface area contributed by atoms with Gasteiger partial charge in [-0.1, -0.05) is 0 Å². The van der Waals surface area contributed by atoms with E-state index in [-0.39, 0.29) is 30.0 Å². The first-order valence-corrected chi connectivity index (χ1v) is 7.01. The summed E-state index contributed by atoms with van der Waals surface area (Å²) in [5.41, 5.74) is 0.213. The number of nitrogens with zero attached hydrogens (tertiary/aromatic N) is 4. The van der Waals surface area contributed by atoms with E-state index in [0.717, 1.165) is 0 Å². The van der Waals surface area contributed by atoms with Gasteiger partial charge in [0.1, 0.15) is 12.3 Å². The van der Waals surface area contributed by atoms with Gasteiger partial charge in [0.25, 0.3) is 5.91 Å². The first-order chi connectivity index (χ1) is 10.3. The van der Waals surface area contributed by atoms with Crippen molar-refractivity contribution in [2.45, 2.75) is 19.9 Å². The van der Waals surface area contributed by atoms with Crippen molar-refractivity contribution in [1.29, 1.82) is 0 Å². The number of hydrogen-bond acceptors (Lipinski definition) is 5. The van der Waals surface area contributed by atoms with Crippen molar-refractivity contribution in [3.8, 4) is 0 Å². The van der Waals surface area contributed by atoms with E-state index in [4.69, 9.17) is 4.42 Å². The molecule has 120 valence electrons. The summed E-state index contributed by atoms with van der Waals surface area (Å²) in [5.74, 6) is -0.267. The number of aromatic nitrogens is 1. The Morgan fingerprint density at radius 1 is 1.32 bits per heavy atom. The van der Waals surface area contributed by atoms with Crippen molar-refractivity contribution < 1.29 is 18.8 Å². The number of likely N-dealkylation sites (N-methyl/N-ethyl adjacent to an activating group) is 1. The predicted octanol–water partition coefficient (Wildman–Crippen LogP) is -0.256. The zero-order chi connectivity index (χ0) is 16.4. The molecule has 0 aromatic carbocycles. The fourth-order valence-electron chi connectivity index (χ4n) is 2.48. The van der Waals surface area contributed by atoms with Gasteiger partial charge < -0.3 is 19.1 Å². The van der Waals surface area contributed by atoms with Gasteiger partial charge in [0.05, 0.1) is 6.54 Å². The fraction of sp³-hybridized carbons (Fsp3) is 0.571. The molecular weight excluding hydrogens is 288 g/mol. The molecule has 0 spiro atoms. The van der Waals surface area contributed by atoms with Crippen LogP contribution in [-0.2, 0) is 9.59 Å². The Kier molecular flexibility index (Phi) is 4.48. The van der Waals surface area contributed by atoms with Gasteiger partial charge in [0.2, 0.25) is 11.8 Å². The van der Waals surface area contributed by atoms with Gasteiger partial charge in [0, 0.05) is 41.0 Å². The van der Waals surface area contributed by atoms with E-state index in [1.165, 1.54) is 27.9 Å². The third-order valence-electron chi connectivity index (χ3n) is 3.64. The van der Waals surface area contributed by atoms with Crippen molar-refractivity contribution in [2.24, 2.45) is 0 Å². The van der Waals surface area contributed by atoms with Crippen molar-refractivity contribution >= 4 is 17.7 Å². The van der Waals surface area contributed by atoms with Crippen LogP contribution >= 0.6 is 0 Å². The summed E-state index contributed by atoms with van der Waals surface area (Å²) in [7, 11) is 3.25. The first kappa shape index (κ1) is 16.0. The van der Waals surface area contributed by atoms with Gasteiger partial charge >= 0.3 is 0 Å². The minimum Gasteiger partial charge on any atom is -0.448 e. The SMILES string of the molecule is CC(=O)N1CCN(C(=O)c2coc(C)n2)C[C@@H]1C(=O)N(C)C. The molecule has 1 aromatic rings. The van der Waals surface area contributed by atoms with E-state index in [1.807, 2.05) is 0 Å². The van der Waals surface area contributed by atoms with Crippen LogP contribution in [0.5, 0.6) is 0 Å². The number of piperazine rings is 1. The normalized spacial score (nSPS) is 18.3. The lowest BCUT2D eigenvalue weighted by Gasteiger charge is -2.40. The largest absolute Gasteiger partial charge is 0.448 e. The molecule has 0 radical (unpaired) electrons. The molecule has 0 aliphatic carbocycles. The summed E-state index contributed by atoms with van der Waals surface area (Å²) >= 11 is 0. The van der Waals surface area contributed by atoms with Crippen LogP contribution in [-0.4, -0.2) is 77.2 Å². The minimum absolute atomic E-state index is 0.154. The second kappa shape index (κ2) is 6.17. The van der Waals surface area contributed by atoms with Crippen LogP contribution in [0.15, 0.2) is 10.7 Å². The number of hydrogen-bond donors (Lipinski definition) is 0. The number of carbonyl (C=O) groups is 3. The second-order valence-corrected chi connectivity index (χ2v) is 5.46. The quantitative estimate of drug-likeness (QED) is 0.751. The maximum Gasteiger partial charge on any atom is 0.275 e. The number of amides is 3. The van der Waals surface area contributed by atoms with Crippen LogP contribution in [0.3, 0.4) is 0 Å². The highest BCUT2D eigenvalue weighted by molar-refractivity contribution is 5.93. The number of carbonyl (C=O) groups excluding carboxylic acids is 3. The van der Waals surface area contributed by atoms with Crippen LogP contribution in [0.2, 0.25) is 0 Å². The molecule has 1 saturated heterocycles. The molecule has 0 N–H and O–H groups in total. The molecule has 1 atom stereocenters. The van der Waals surface area contributed by atoms with Crippen LogP contribution in [0, 0.1) is 6.92 Å². The molecule has 2 rings (SSSR count). The molecule has 0 saturated carbocycles. The average molecular weight is 308 g/mol. The molecular formula is C14H20N4O4. The van der Waals surface area contributed by atoms with Crippen molar-refractivity contribution in [2.75, 3.05) is 33.7 Å². The van der Waals surface area contributed by atoms with Crippen LogP contribution in [0.4, 0.5) is 0 Å². The molecule has 2 heterocycles. The van der Waals surface area contributed by atoms with Crippen molar-refractivity contribution in [3.63, 3.8) is 0 Å². The highest BCUT2D eigenvalue weighted by Crippen LogP contribution is 2.15. The Morgan fingerprint density at radius 2 is 2.00 bits per heavy atom. The standard InChI is InChI=1S/C14H20N4O4/c1-9-15-11(8-22-9)13(20)17-5-6-18(10(2)19)12(7-17)14(21)16(3)4/h8,12H,5-7H2,1-4H3/t12-/m1/s1. The Bertz CT molecular complexity index is 595. The number of aryl methyl sites for hydroxylation is 1. The number of rotatable bonds is 2. The van der Waals surface area contributed by atoms with E-state index >= 15 is 0 Å². The topological polar surface area (TPSA) is 87.0 Å². The maximum atomic E-state index is 12.4. The number of oxazole rings is 1. The van der Waals surface area contributed by atoms with E-state index < -0.39 is 6.04 Å². The van der Waals surface area contributed by atoms with Crippen molar-refractivity contribution in [3.05, 3.63) is 17.8 Å². The molecule has 0 bridgehead atoms. The third-order valence-corrected chi connectivity index (χ3v) is 3.64. The Balaban J connectivity index is 2.18. The lowest BCUT2D eigenvalue weighted by atomic mass is 10.1. The fourth-order valence-corrected chi connectivity index (χ4v) is 2.48. The van der Waals surface area contributed by atoms with Crippen LogP contribution < -0.4 is 0 Å². The molecule has 1 aromatic heterocycles. The molecule has 1 fully saturated rings. The minimum atomic E-state index is -0.668. The Morgan fingerprint density at radius 3 is 2.50 bits per heavy atom. The summed E-state index contributed by atoms with van der Waals surface area (Å²) in [4.78, 5) is 44.9. The molecule has 0 unspecified atom stereocenters. The summed E-state index contributed by atoms with van der Waals surface area (Å²) in [5, 5.41) is 0. The lowest BCUT2D eigenvalue weighted by molar-refractivity contribution is -0.146.